The maximum absolute atomic E-state index is 13.1. The molecule has 0 saturated carbocycles. The van der Waals surface area contributed by atoms with Crippen molar-refractivity contribution in [1.82, 2.24) is 20.3 Å². The summed E-state index contributed by atoms with van der Waals surface area (Å²) in [4.78, 5) is 66.1. The second-order valence-electron chi connectivity index (χ2n) is 10.8. The van der Waals surface area contributed by atoms with Gasteiger partial charge in [-0.3, -0.25) is 19.2 Å². The van der Waals surface area contributed by atoms with Crippen molar-refractivity contribution in [3.05, 3.63) is 65.9 Å². The highest BCUT2D eigenvalue weighted by Gasteiger charge is 2.46. The Morgan fingerprint density at radius 2 is 1.73 bits per heavy atom. The van der Waals surface area contributed by atoms with Gasteiger partial charge in [0.15, 0.2) is 11.9 Å². The maximum atomic E-state index is 13.1. The van der Waals surface area contributed by atoms with E-state index in [2.05, 4.69) is 20.9 Å². The highest BCUT2D eigenvalue weighted by molar-refractivity contribution is 5.97. The molecule has 0 unspecified atom stereocenters. The number of aliphatic hydroxyl groups is 2. The molecule has 5 atom stereocenters. The largest absolute Gasteiger partial charge is 0.416 e. The number of nitrogens with one attached hydrogen (secondary N) is 2. The van der Waals surface area contributed by atoms with E-state index in [1.807, 2.05) is 0 Å². The number of hydrogen-bond donors (Lipinski definition) is 5. The summed E-state index contributed by atoms with van der Waals surface area (Å²) in [6.45, 7) is 1.30. The lowest BCUT2D eigenvalue weighted by atomic mass is 9.94. The predicted molar refractivity (Wildman–Crippen MR) is 161 cm³/mol. The smallest absolute Gasteiger partial charge is 0.387 e. The lowest BCUT2D eigenvalue weighted by molar-refractivity contribution is -0.191. The molecule has 0 radical (unpaired) electrons. The highest BCUT2D eigenvalue weighted by Crippen LogP contribution is 2.34. The lowest BCUT2D eigenvalue weighted by Gasteiger charge is -2.19. The molecule has 2 heterocycles. The number of carbonyl (C=O) groups is 4. The van der Waals surface area contributed by atoms with Gasteiger partial charge in [-0.25, -0.2) is 4.68 Å². The molecule has 1 fully saturated rings. The summed E-state index contributed by atoms with van der Waals surface area (Å²) in [6.07, 6.45) is -10.3. The molecule has 4 rings (SSSR count). The van der Waals surface area contributed by atoms with Gasteiger partial charge in [0.1, 0.15) is 29.8 Å². The average molecular weight is 691 g/mol. The van der Waals surface area contributed by atoms with Crippen LogP contribution in [0.4, 0.5) is 18.9 Å². The Bertz CT molecular complexity index is 1660. The van der Waals surface area contributed by atoms with Gasteiger partial charge in [-0.15, -0.1) is 5.10 Å². The van der Waals surface area contributed by atoms with E-state index < -0.39 is 59.9 Å². The van der Waals surface area contributed by atoms with Gasteiger partial charge in [0.05, 0.1) is 5.56 Å². The molecule has 2 aromatic carbocycles. The zero-order valence-electron chi connectivity index (χ0n) is 25.9. The number of amides is 3. The van der Waals surface area contributed by atoms with Crippen LogP contribution in [0.15, 0.2) is 54.6 Å². The fourth-order valence-electron chi connectivity index (χ4n) is 5.00. The number of anilines is 1. The van der Waals surface area contributed by atoms with E-state index in [1.54, 1.807) is 37.3 Å². The van der Waals surface area contributed by atoms with Gasteiger partial charge in [0.25, 0.3) is 5.91 Å². The van der Waals surface area contributed by atoms with E-state index in [-0.39, 0.29) is 61.2 Å². The first-order valence-electron chi connectivity index (χ1n) is 14.8. The van der Waals surface area contributed by atoms with Crippen LogP contribution in [0.1, 0.15) is 54.9 Å². The van der Waals surface area contributed by atoms with E-state index in [4.69, 9.17) is 20.1 Å². The second kappa shape index (κ2) is 17.2. The van der Waals surface area contributed by atoms with Crippen LogP contribution in [0.3, 0.4) is 0 Å². The normalized spacial score (nSPS) is 19.1. The minimum atomic E-state index is -4.59. The number of primary amides is 1. The van der Waals surface area contributed by atoms with E-state index in [0.717, 1.165) is 22.9 Å². The Labute approximate surface area is 276 Å². The minimum absolute atomic E-state index is 0.0725. The molecule has 15 nitrogen and oxygen atoms in total. The summed E-state index contributed by atoms with van der Waals surface area (Å²) >= 11 is 0. The van der Waals surface area contributed by atoms with Crippen LogP contribution in [-0.4, -0.2) is 79.7 Å². The SMILES string of the molecule is CCC(=O)C[C@@H](CCC(=O)Nc1cccc(C(F)(F)F)c1)C(=O)NC[C@H]1O[C@@H](n2nnc(C(N)=O)c2-c2ccccc2)[C@H](O)[C@@H]1O.O=C=O. The van der Waals surface area contributed by atoms with Crippen LogP contribution < -0.4 is 16.4 Å². The molecule has 3 aromatic rings. The number of carbonyl (C=O) groups excluding carboxylic acids is 6. The number of aromatic nitrogens is 3. The average Bonchev–Trinajstić information content (AvgIpc) is 3.63. The number of Topliss-reactive ketones (excluding diaryl/α,β-unsaturated/α-hetero) is 1. The Balaban J connectivity index is 0.00000209. The molecule has 3 amide bonds. The minimum Gasteiger partial charge on any atom is -0.387 e. The predicted octanol–water partition coefficient (Wildman–Crippen LogP) is 1.62. The number of rotatable bonds is 13. The van der Waals surface area contributed by atoms with Crippen molar-refractivity contribution < 1.29 is 56.9 Å². The Hall–Kier alpha value is -5.29. The van der Waals surface area contributed by atoms with Crippen molar-refractivity contribution in [2.45, 2.75) is 63.3 Å². The molecule has 49 heavy (non-hydrogen) atoms. The van der Waals surface area contributed by atoms with E-state index in [9.17, 15) is 42.6 Å². The number of ketones is 1. The van der Waals surface area contributed by atoms with Crippen LogP contribution in [0.2, 0.25) is 0 Å². The monoisotopic (exact) mass is 690 g/mol. The van der Waals surface area contributed by atoms with Crippen molar-refractivity contribution >= 4 is 35.3 Å². The fourth-order valence-corrected chi connectivity index (χ4v) is 5.00. The number of hydrogen-bond acceptors (Lipinski definition) is 11. The van der Waals surface area contributed by atoms with Gasteiger partial charge in [0.2, 0.25) is 11.8 Å². The quantitative estimate of drug-likeness (QED) is 0.173. The second-order valence-corrected chi connectivity index (χ2v) is 10.8. The molecule has 0 aliphatic carbocycles. The van der Waals surface area contributed by atoms with Gasteiger partial charge in [0, 0.05) is 43.0 Å². The van der Waals surface area contributed by atoms with Crippen molar-refractivity contribution in [3.63, 3.8) is 0 Å². The first-order chi connectivity index (χ1) is 23.2. The molecule has 0 spiro atoms. The number of benzene rings is 2. The fraction of sp³-hybridized carbons (Fsp3) is 0.387. The van der Waals surface area contributed by atoms with Gasteiger partial charge >= 0.3 is 12.3 Å². The van der Waals surface area contributed by atoms with Gasteiger partial charge < -0.3 is 31.3 Å². The third kappa shape index (κ3) is 10.1. The number of nitrogens with two attached hydrogens (primary N) is 1. The first kappa shape index (κ1) is 38.2. The van der Waals surface area contributed by atoms with Gasteiger partial charge in [-0.05, 0) is 24.6 Å². The molecule has 1 saturated heterocycles. The summed E-state index contributed by atoms with van der Waals surface area (Å²) in [5, 5.41) is 34.2. The number of ether oxygens (including phenoxy) is 1. The van der Waals surface area contributed by atoms with Crippen LogP contribution in [0.5, 0.6) is 0 Å². The lowest BCUT2D eigenvalue weighted by Crippen LogP contribution is -2.42. The molecular formula is C31H33F3N6O9. The zero-order chi connectivity index (χ0) is 36.3. The van der Waals surface area contributed by atoms with Crippen LogP contribution in [0, 0.1) is 5.92 Å². The van der Waals surface area contributed by atoms with Gasteiger partial charge in [-0.1, -0.05) is 48.5 Å². The van der Waals surface area contributed by atoms with Crippen LogP contribution >= 0.6 is 0 Å². The molecule has 6 N–H and O–H groups in total. The van der Waals surface area contributed by atoms with Crippen LogP contribution in [-0.2, 0) is 34.9 Å². The first-order valence-corrected chi connectivity index (χ1v) is 14.8. The maximum Gasteiger partial charge on any atom is 0.416 e. The van der Waals surface area contributed by atoms with E-state index >= 15 is 0 Å². The molecule has 18 heteroatoms. The number of halogens is 3. The van der Waals surface area contributed by atoms with E-state index in [1.165, 1.54) is 6.07 Å². The van der Waals surface area contributed by atoms with Crippen molar-refractivity contribution in [2.75, 3.05) is 11.9 Å². The van der Waals surface area contributed by atoms with Crippen molar-refractivity contribution in [3.8, 4) is 11.3 Å². The van der Waals surface area contributed by atoms with Gasteiger partial charge in [-0.2, -0.15) is 22.8 Å². The zero-order valence-corrected chi connectivity index (χ0v) is 25.9. The summed E-state index contributed by atoms with van der Waals surface area (Å²) in [6, 6.07) is 12.6. The summed E-state index contributed by atoms with van der Waals surface area (Å²) in [5.41, 5.74) is 4.91. The Kier molecular flexibility index (Phi) is 13.4. The highest BCUT2D eigenvalue weighted by atomic mass is 19.4. The van der Waals surface area contributed by atoms with Crippen molar-refractivity contribution in [2.24, 2.45) is 11.7 Å². The number of alkyl halides is 3. The Morgan fingerprint density at radius 3 is 2.35 bits per heavy atom. The van der Waals surface area contributed by atoms with Crippen LogP contribution in [0.25, 0.3) is 11.3 Å². The summed E-state index contributed by atoms with van der Waals surface area (Å²) in [5.74, 6) is -3.39. The number of aliphatic hydroxyl groups excluding tert-OH is 2. The molecule has 1 aliphatic heterocycles. The Morgan fingerprint density at radius 1 is 1.06 bits per heavy atom. The standard InChI is InChI=1S/C30H33F3N6O7.CO2/c1-2-20(40)13-17(11-12-22(41)36-19-10-6-9-18(14-19)30(31,32)33)28(45)35-15-21-25(42)26(43)29(46-21)39-24(16-7-4-3-5-8-16)23(27(34)44)37-38-39;2-1-3/h3-10,14,17,21,25-26,29,42-43H,2,11-13,15H2,1H3,(H2,34,44)(H,35,45)(H,36,41);/t17-,21-,25-,26-,29-;/m1./s1. The molecule has 0 bridgehead atoms. The summed E-state index contributed by atoms with van der Waals surface area (Å²) in [7, 11) is 0. The third-order valence-corrected chi connectivity index (χ3v) is 7.46. The molecule has 1 aromatic heterocycles. The topological polar surface area (TPSA) is 233 Å². The number of nitrogens with zero attached hydrogens (tertiary/aromatic N) is 3. The molecule has 1 aliphatic rings. The molecule has 262 valence electrons. The van der Waals surface area contributed by atoms with Crippen molar-refractivity contribution in [1.29, 1.82) is 0 Å². The third-order valence-electron chi connectivity index (χ3n) is 7.46. The van der Waals surface area contributed by atoms with E-state index in [0.29, 0.717) is 5.56 Å². The molecular weight excluding hydrogens is 657 g/mol. The summed E-state index contributed by atoms with van der Waals surface area (Å²) < 4.78 is 46.0.